The van der Waals surface area contributed by atoms with Gasteiger partial charge in [0.05, 0.1) is 6.10 Å². The lowest BCUT2D eigenvalue weighted by molar-refractivity contribution is 0.0998. The first-order valence-electron chi connectivity index (χ1n) is 5.89. The summed E-state index contributed by atoms with van der Waals surface area (Å²) in [6.45, 7) is 5.64. The second-order valence-corrected chi connectivity index (χ2v) is 4.53. The topological polar surface area (TPSA) is 86.7 Å². The summed E-state index contributed by atoms with van der Waals surface area (Å²) < 4.78 is 6.94. The zero-order valence-electron chi connectivity index (χ0n) is 11.0. The first-order chi connectivity index (χ1) is 8.91. The summed E-state index contributed by atoms with van der Waals surface area (Å²) in [5.74, 6) is -0.260. The first kappa shape index (κ1) is 13.1. The highest BCUT2D eigenvalue weighted by atomic mass is 16.5. The standard InChI is InChI=1S/C13H15N3O3/c1-7(2)19-10-8(3)4-5-16-12(10)15-6-9(11(14)17)13(16)18/h4-7H,1-3H3,(H2,14,17). The lowest BCUT2D eigenvalue weighted by Gasteiger charge is -2.14. The molecule has 0 bridgehead atoms. The molecule has 0 fully saturated rings. The van der Waals surface area contributed by atoms with Gasteiger partial charge in [-0.05, 0) is 32.4 Å². The number of ether oxygens (including phenoxy) is 1. The molecule has 0 spiro atoms. The summed E-state index contributed by atoms with van der Waals surface area (Å²) in [5, 5.41) is 0. The molecule has 1 amide bonds. The number of carbonyl (C=O) groups excluding carboxylic acids is 1. The van der Waals surface area contributed by atoms with E-state index >= 15 is 0 Å². The molecule has 0 aliphatic heterocycles. The quantitative estimate of drug-likeness (QED) is 0.888. The minimum Gasteiger partial charge on any atom is -0.487 e. The van der Waals surface area contributed by atoms with Crippen LogP contribution >= 0.6 is 0 Å². The van der Waals surface area contributed by atoms with Crippen molar-refractivity contribution < 1.29 is 9.53 Å². The van der Waals surface area contributed by atoms with Gasteiger partial charge < -0.3 is 10.5 Å². The molecule has 6 heteroatoms. The van der Waals surface area contributed by atoms with Gasteiger partial charge in [0.15, 0.2) is 11.4 Å². The number of rotatable bonds is 3. The maximum Gasteiger partial charge on any atom is 0.270 e. The zero-order chi connectivity index (χ0) is 14.2. The molecule has 0 aliphatic carbocycles. The number of pyridine rings is 1. The van der Waals surface area contributed by atoms with Crippen molar-refractivity contribution in [3.05, 3.63) is 39.9 Å². The van der Waals surface area contributed by atoms with Gasteiger partial charge in [-0.25, -0.2) is 4.98 Å². The lowest BCUT2D eigenvalue weighted by Crippen LogP contribution is -2.27. The third kappa shape index (κ3) is 2.29. The van der Waals surface area contributed by atoms with Crippen molar-refractivity contribution in [1.82, 2.24) is 9.38 Å². The van der Waals surface area contributed by atoms with Crippen LogP contribution in [0.4, 0.5) is 0 Å². The highest BCUT2D eigenvalue weighted by Crippen LogP contribution is 2.23. The highest BCUT2D eigenvalue weighted by molar-refractivity contribution is 5.92. The Morgan fingerprint density at radius 1 is 1.47 bits per heavy atom. The molecule has 0 unspecified atom stereocenters. The van der Waals surface area contributed by atoms with E-state index in [0.717, 1.165) is 5.56 Å². The highest BCUT2D eigenvalue weighted by Gasteiger charge is 2.14. The number of fused-ring (bicyclic) bond motifs is 1. The van der Waals surface area contributed by atoms with Crippen molar-refractivity contribution in [2.75, 3.05) is 0 Å². The summed E-state index contributed by atoms with van der Waals surface area (Å²) in [7, 11) is 0. The van der Waals surface area contributed by atoms with Crippen LogP contribution in [0.15, 0.2) is 23.3 Å². The molecule has 2 heterocycles. The van der Waals surface area contributed by atoms with Gasteiger partial charge in [0, 0.05) is 12.4 Å². The largest absolute Gasteiger partial charge is 0.487 e. The number of hydrogen-bond acceptors (Lipinski definition) is 4. The number of nitrogens with zero attached hydrogens (tertiary/aromatic N) is 2. The van der Waals surface area contributed by atoms with Gasteiger partial charge in [-0.15, -0.1) is 0 Å². The van der Waals surface area contributed by atoms with Crippen LogP contribution in [0, 0.1) is 6.92 Å². The molecule has 0 saturated carbocycles. The number of amides is 1. The second kappa shape index (κ2) is 4.72. The Morgan fingerprint density at radius 2 is 2.16 bits per heavy atom. The molecule has 2 N–H and O–H groups in total. The normalized spacial score (nSPS) is 10.9. The molecule has 100 valence electrons. The molecule has 0 aromatic carbocycles. The summed E-state index contributed by atoms with van der Waals surface area (Å²) in [6.07, 6.45) is 2.70. The van der Waals surface area contributed by atoms with Crippen LogP contribution in [0.2, 0.25) is 0 Å². The summed E-state index contributed by atoms with van der Waals surface area (Å²) in [4.78, 5) is 27.3. The minimum absolute atomic E-state index is 0.0439. The van der Waals surface area contributed by atoms with Crippen LogP contribution in [0.3, 0.4) is 0 Å². The van der Waals surface area contributed by atoms with E-state index in [4.69, 9.17) is 10.5 Å². The molecule has 0 aliphatic rings. The maximum absolute atomic E-state index is 12.1. The monoisotopic (exact) mass is 261 g/mol. The Kier molecular flexibility index (Phi) is 3.25. The SMILES string of the molecule is Cc1ccn2c(=O)c(C(N)=O)cnc2c1OC(C)C. The predicted octanol–water partition coefficient (Wildman–Crippen LogP) is 0.889. The molecule has 6 nitrogen and oxygen atoms in total. The van der Waals surface area contributed by atoms with Gasteiger partial charge in [0.2, 0.25) is 0 Å². The Hall–Kier alpha value is -2.37. The third-order valence-electron chi connectivity index (χ3n) is 2.65. The van der Waals surface area contributed by atoms with Crippen LogP contribution in [0.5, 0.6) is 5.75 Å². The molecule has 2 aromatic heterocycles. The van der Waals surface area contributed by atoms with E-state index in [0.29, 0.717) is 11.4 Å². The maximum atomic E-state index is 12.1. The molecular formula is C13H15N3O3. The van der Waals surface area contributed by atoms with E-state index in [1.165, 1.54) is 10.6 Å². The molecule has 19 heavy (non-hydrogen) atoms. The third-order valence-corrected chi connectivity index (χ3v) is 2.65. The van der Waals surface area contributed by atoms with Crippen molar-refractivity contribution in [2.24, 2.45) is 5.73 Å². The lowest BCUT2D eigenvalue weighted by atomic mass is 10.2. The predicted molar refractivity (Wildman–Crippen MR) is 70.5 cm³/mol. The van der Waals surface area contributed by atoms with E-state index < -0.39 is 11.5 Å². The van der Waals surface area contributed by atoms with E-state index in [-0.39, 0.29) is 11.7 Å². The Balaban J connectivity index is 2.78. The van der Waals surface area contributed by atoms with Crippen LogP contribution in [-0.4, -0.2) is 21.4 Å². The second-order valence-electron chi connectivity index (χ2n) is 4.53. The average molecular weight is 261 g/mol. The molecule has 0 saturated heterocycles. The number of carbonyl (C=O) groups is 1. The molecular weight excluding hydrogens is 246 g/mol. The van der Waals surface area contributed by atoms with Crippen molar-refractivity contribution >= 4 is 11.6 Å². The number of aryl methyl sites for hydroxylation is 1. The van der Waals surface area contributed by atoms with Crippen LogP contribution < -0.4 is 16.0 Å². The molecule has 0 radical (unpaired) electrons. The Morgan fingerprint density at radius 3 is 2.74 bits per heavy atom. The zero-order valence-corrected chi connectivity index (χ0v) is 11.0. The first-order valence-corrected chi connectivity index (χ1v) is 5.89. The fraction of sp³-hybridized carbons (Fsp3) is 0.308. The number of primary amides is 1. The Bertz CT molecular complexity index is 704. The van der Waals surface area contributed by atoms with E-state index in [1.54, 1.807) is 12.3 Å². The van der Waals surface area contributed by atoms with Crippen LogP contribution in [-0.2, 0) is 0 Å². The van der Waals surface area contributed by atoms with E-state index in [1.807, 2.05) is 20.8 Å². The molecule has 2 rings (SSSR count). The minimum atomic E-state index is -0.793. The van der Waals surface area contributed by atoms with Gasteiger partial charge in [-0.1, -0.05) is 0 Å². The van der Waals surface area contributed by atoms with Crippen molar-refractivity contribution in [3.8, 4) is 5.75 Å². The van der Waals surface area contributed by atoms with Crippen molar-refractivity contribution in [1.29, 1.82) is 0 Å². The molecule has 0 atom stereocenters. The Labute approximate surface area is 109 Å². The smallest absolute Gasteiger partial charge is 0.270 e. The fourth-order valence-electron chi connectivity index (χ4n) is 1.76. The van der Waals surface area contributed by atoms with Gasteiger partial charge >= 0.3 is 0 Å². The van der Waals surface area contributed by atoms with Crippen molar-refractivity contribution in [3.63, 3.8) is 0 Å². The summed E-state index contributed by atoms with van der Waals surface area (Å²) in [6, 6.07) is 1.73. The van der Waals surface area contributed by atoms with Gasteiger partial charge in [0.25, 0.3) is 11.5 Å². The molecule has 2 aromatic rings. The fourth-order valence-corrected chi connectivity index (χ4v) is 1.76. The number of nitrogens with two attached hydrogens (primary N) is 1. The van der Waals surface area contributed by atoms with Gasteiger partial charge in [-0.2, -0.15) is 0 Å². The van der Waals surface area contributed by atoms with Crippen LogP contribution in [0.1, 0.15) is 29.8 Å². The number of hydrogen-bond donors (Lipinski definition) is 1. The summed E-state index contributed by atoms with van der Waals surface area (Å²) in [5.41, 5.74) is 5.74. The number of aromatic nitrogens is 2. The average Bonchev–Trinajstić information content (AvgIpc) is 2.32. The van der Waals surface area contributed by atoms with E-state index in [2.05, 4.69) is 4.98 Å². The van der Waals surface area contributed by atoms with Crippen molar-refractivity contribution in [2.45, 2.75) is 26.9 Å². The summed E-state index contributed by atoms with van der Waals surface area (Å²) >= 11 is 0. The van der Waals surface area contributed by atoms with E-state index in [9.17, 15) is 9.59 Å². The van der Waals surface area contributed by atoms with Gasteiger partial charge in [-0.3, -0.25) is 14.0 Å². The van der Waals surface area contributed by atoms with Crippen LogP contribution in [0.25, 0.3) is 5.65 Å². The van der Waals surface area contributed by atoms with Gasteiger partial charge in [0.1, 0.15) is 5.56 Å².